The standard InChI is InChI=1S/C21H24N2O5S/c1-15(20(24)23-13-12-16-6-4-5-7-18(16)14-23)28-21(25)17-8-10-19(11-9-17)29(26,27)22(2)3/h4-11,15H,12-14H2,1-3H3/t15-/m0/s1. The van der Waals surface area contributed by atoms with E-state index in [-0.39, 0.29) is 16.4 Å². The van der Waals surface area contributed by atoms with Gasteiger partial charge in [0.1, 0.15) is 0 Å². The van der Waals surface area contributed by atoms with Crippen molar-refractivity contribution in [3.05, 3.63) is 65.2 Å². The maximum atomic E-state index is 12.7. The Morgan fingerprint density at radius 2 is 1.66 bits per heavy atom. The highest BCUT2D eigenvalue weighted by atomic mass is 32.2. The summed E-state index contributed by atoms with van der Waals surface area (Å²) in [5.74, 6) is -0.920. The average Bonchev–Trinajstić information content (AvgIpc) is 2.72. The van der Waals surface area contributed by atoms with Crippen LogP contribution in [0.2, 0.25) is 0 Å². The fourth-order valence-electron chi connectivity index (χ4n) is 3.19. The van der Waals surface area contributed by atoms with E-state index in [4.69, 9.17) is 4.74 Å². The van der Waals surface area contributed by atoms with Crippen molar-refractivity contribution in [3.63, 3.8) is 0 Å². The van der Waals surface area contributed by atoms with Crippen LogP contribution in [-0.2, 0) is 32.5 Å². The van der Waals surface area contributed by atoms with Crippen LogP contribution < -0.4 is 0 Å². The molecule has 1 aliphatic rings. The van der Waals surface area contributed by atoms with Crippen LogP contribution in [-0.4, -0.2) is 56.2 Å². The predicted molar refractivity (Wildman–Crippen MR) is 108 cm³/mol. The van der Waals surface area contributed by atoms with Gasteiger partial charge in [-0.05, 0) is 48.7 Å². The Bertz CT molecular complexity index is 1020. The van der Waals surface area contributed by atoms with E-state index >= 15 is 0 Å². The quantitative estimate of drug-likeness (QED) is 0.697. The molecular formula is C21H24N2O5S. The highest BCUT2D eigenvalue weighted by molar-refractivity contribution is 7.89. The second-order valence-corrected chi connectivity index (χ2v) is 9.29. The second-order valence-electron chi connectivity index (χ2n) is 7.14. The van der Waals surface area contributed by atoms with Crippen molar-refractivity contribution in [2.45, 2.75) is 30.9 Å². The highest BCUT2D eigenvalue weighted by Crippen LogP contribution is 2.20. The van der Waals surface area contributed by atoms with E-state index in [1.807, 2.05) is 18.2 Å². The zero-order chi connectivity index (χ0) is 21.2. The Labute approximate surface area is 170 Å². The molecule has 8 heteroatoms. The summed E-state index contributed by atoms with van der Waals surface area (Å²) in [5.41, 5.74) is 2.52. The van der Waals surface area contributed by atoms with Gasteiger partial charge in [-0.2, -0.15) is 0 Å². The molecule has 3 rings (SSSR count). The SMILES string of the molecule is C[C@H](OC(=O)c1ccc(S(=O)(=O)N(C)C)cc1)C(=O)N1CCc2ccccc2C1. The van der Waals surface area contributed by atoms with Gasteiger partial charge < -0.3 is 9.64 Å². The Hall–Kier alpha value is -2.71. The number of esters is 1. The third kappa shape index (κ3) is 4.49. The number of amides is 1. The normalized spacial score (nSPS) is 15.0. The molecule has 0 fully saturated rings. The van der Waals surface area contributed by atoms with E-state index < -0.39 is 22.1 Å². The first kappa shape index (κ1) is 21.0. The number of ether oxygens (including phenoxy) is 1. The fourth-order valence-corrected chi connectivity index (χ4v) is 4.10. The number of fused-ring (bicyclic) bond motifs is 1. The minimum Gasteiger partial charge on any atom is -0.449 e. The third-order valence-electron chi connectivity index (χ3n) is 4.94. The van der Waals surface area contributed by atoms with Crippen molar-refractivity contribution >= 4 is 21.9 Å². The number of hydrogen-bond acceptors (Lipinski definition) is 5. The molecule has 0 aromatic heterocycles. The molecule has 0 unspecified atom stereocenters. The summed E-state index contributed by atoms with van der Waals surface area (Å²) in [6.45, 7) is 2.62. The lowest BCUT2D eigenvalue weighted by atomic mass is 9.99. The van der Waals surface area contributed by atoms with Crippen LogP contribution in [0.3, 0.4) is 0 Å². The molecule has 1 heterocycles. The summed E-state index contributed by atoms with van der Waals surface area (Å²) >= 11 is 0. The second kappa shape index (κ2) is 8.34. The first-order chi connectivity index (χ1) is 13.7. The number of benzene rings is 2. The van der Waals surface area contributed by atoms with Crippen LogP contribution in [0.4, 0.5) is 0 Å². The number of carbonyl (C=O) groups is 2. The lowest BCUT2D eigenvalue weighted by Crippen LogP contribution is -2.42. The van der Waals surface area contributed by atoms with Gasteiger partial charge in [-0.1, -0.05) is 24.3 Å². The monoisotopic (exact) mass is 416 g/mol. The predicted octanol–water partition coefficient (Wildman–Crippen LogP) is 2.07. The number of carbonyl (C=O) groups excluding carboxylic acids is 2. The Kier molecular flexibility index (Phi) is 6.04. The number of nitrogens with zero attached hydrogens (tertiary/aromatic N) is 2. The van der Waals surface area contributed by atoms with Gasteiger partial charge in [0.05, 0.1) is 10.5 Å². The summed E-state index contributed by atoms with van der Waals surface area (Å²) in [6.07, 6.45) is -0.164. The third-order valence-corrected chi connectivity index (χ3v) is 6.77. The van der Waals surface area contributed by atoms with Gasteiger partial charge in [0.25, 0.3) is 5.91 Å². The van der Waals surface area contributed by atoms with E-state index in [9.17, 15) is 18.0 Å². The van der Waals surface area contributed by atoms with Crippen molar-refractivity contribution in [1.82, 2.24) is 9.21 Å². The maximum absolute atomic E-state index is 12.7. The van der Waals surface area contributed by atoms with Crippen LogP contribution in [0, 0.1) is 0 Å². The molecule has 0 saturated heterocycles. The lowest BCUT2D eigenvalue weighted by Gasteiger charge is -2.30. The van der Waals surface area contributed by atoms with Gasteiger partial charge in [0.2, 0.25) is 10.0 Å². The van der Waals surface area contributed by atoms with Crippen LogP contribution in [0.1, 0.15) is 28.4 Å². The number of hydrogen-bond donors (Lipinski definition) is 0. The molecule has 7 nitrogen and oxygen atoms in total. The molecular weight excluding hydrogens is 392 g/mol. The highest BCUT2D eigenvalue weighted by Gasteiger charge is 2.27. The molecule has 2 aromatic rings. The fraction of sp³-hybridized carbons (Fsp3) is 0.333. The first-order valence-corrected chi connectivity index (χ1v) is 10.7. The molecule has 0 aliphatic carbocycles. The largest absolute Gasteiger partial charge is 0.449 e. The topological polar surface area (TPSA) is 84.0 Å². The van der Waals surface area contributed by atoms with E-state index in [2.05, 4.69) is 6.07 Å². The minimum absolute atomic E-state index is 0.0788. The van der Waals surface area contributed by atoms with Crippen molar-refractivity contribution in [1.29, 1.82) is 0 Å². The van der Waals surface area contributed by atoms with Crippen molar-refractivity contribution in [2.24, 2.45) is 0 Å². The first-order valence-electron chi connectivity index (χ1n) is 9.29. The van der Waals surface area contributed by atoms with Gasteiger partial charge in [-0.25, -0.2) is 17.5 Å². The molecule has 0 N–H and O–H groups in total. The van der Waals surface area contributed by atoms with Gasteiger partial charge in [0.15, 0.2) is 6.10 Å². The van der Waals surface area contributed by atoms with Gasteiger partial charge in [-0.3, -0.25) is 4.79 Å². The lowest BCUT2D eigenvalue weighted by molar-refractivity contribution is -0.140. The Morgan fingerprint density at radius 3 is 2.28 bits per heavy atom. The van der Waals surface area contributed by atoms with Crippen molar-refractivity contribution in [3.8, 4) is 0 Å². The molecule has 1 aliphatic heterocycles. The molecule has 154 valence electrons. The summed E-state index contributed by atoms with van der Waals surface area (Å²) < 4.78 is 30.6. The van der Waals surface area contributed by atoms with Crippen LogP contribution >= 0.6 is 0 Å². The molecule has 29 heavy (non-hydrogen) atoms. The van der Waals surface area contributed by atoms with E-state index in [1.54, 1.807) is 11.8 Å². The smallest absolute Gasteiger partial charge is 0.338 e. The molecule has 0 radical (unpaired) electrons. The van der Waals surface area contributed by atoms with E-state index in [1.165, 1.54) is 43.9 Å². The van der Waals surface area contributed by atoms with E-state index in [0.717, 1.165) is 16.3 Å². The van der Waals surface area contributed by atoms with Crippen molar-refractivity contribution < 1.29 is 22.7 Å². The average molecular weight is 416 g/mol. The molecule has 1 amide bonds. The minimum atomic E-state index is -3.57. The molecule has 0 saturated carbocycles. The maximum Gasteiger partial charge on any atom is 0.338 e. The van der Waals surface area contributed by atoms with Crippen LogP contribution in [0.25, 0.3) is 0 Å². The van der Waals surface area contributed by atoms with E-state index in [0.29, 0.717) is 13.1 Å². The molecule has 2 aromatic carbocycles. The zero-order valence-electron chi connectivity index (χ0n) is 16.7. The van der Waals surface area contributed by atoms with Gasteiger partial charge >= 0.3 is 5.97 Å². The molecule has 0 spiro atoms. The van der Waals surface area contributed by atoms with Gasteiger partial charge in [0, 0.05) is 27.2 Å². The Balaban J connectivity index is 1.64. The molecule has 0 bridgehead atoms. The summed E-state index contributed by atoms with van der Waals surface area (Å²) in [5, 5.41) is 0. The summed E-state index contributed by atoms with van der Waals surface area (Å²) in [7, 11) is -0.706. The zero-order valence-corrected chi connectivity index (χ0v) is 17.5. The number of rotatable bonds is 5. The van der Waals surface area contributed by atoms with Gasteiger partial charge in [-0.15, -0.1) is 0 Å². The summed E-state index contributed by atoms with van der Waals surface area (Å²) in [4.78, 5) is 26.8. The molecule has 1 atom stereocenters. The van der Waals surface area contributed by atoms with Crippen LogP contribution in [0.15, 0.2) is 53.4 Å². The number of sulfonamides is 1. The van der Waals surface area contributed by atoms with Crippen molar-refractivity contribution in [2.75, 3.05) is 20.6 Å². The Morgan fingerprint density at radius 1 is 1.03 bits per heavy atom. The van der Waals surface area contributed by atoms with Crippen LogP contribution in [0.5, 0.6) is 0 Å². The summed E-state index contributed by atoms with van der Waals surface area (Å²) in [6, 6.07) is 13.4.